The van der Waals surface area contributed by atoms with Gasteiger partial charge < -0.3 is 5.32 Å². The first-order chi connectivity index (χ1) is 9.92. The molecule has 0 spiro atoms. The molecule has 2 heterocycles. The van der Waals surface area contributed by atoms with Crippen molar-refractivity contribution in [2.24, 2.45) is 0 Å². The molecule has 3 aromatic rings. The van der Waals surface area contributed by atoms with Gasteiger partial charge in [0, 0.05) is 10.7 Å². The summed E-state index contributed by atoms with van der Waals surface area (Å²) in [6.07, 6.45) is 2.22. The highest BCUT2D eigenvalue weighted by Crippen LogP contribution is 2.35. The van der Waals surface area contributed by atoms with Gasteiger partial charge in [0.25, 0.3) is 0 Å². The Balaban J connectivity index is 1.79. The normalized spacial score (nSPS) is 18.1. The number of rotatable bonds is 2. The van der Waals surface area contributed by atoms with E-state index in [0.29, 0.717) is 6.04 Å². The fourth-order valence-corrected chi connectivity index (χ4v) is 4.05. The zero-order valence-electron chi connectivity index (χ0n) is 11.3. The second-order valence-electron chi connectivity index (χ2n) is 5.42. The van der Waals surface area contributed by atoms with E-state index in [2.05, 4.69) is 59.2 Å². The van der Waals surface area contributed by atoms with Crippen molar-refractivity contribution < 1.29 is 0 Å². The molecule has 2 heteroatoms. The van der Waals surface area contributed by atoms with Crippen LogP contribution >= 0.6 is 11.3 Å². The van der Waals surface area contributed by atoms with Crippen LogP contribution in [0.3, 0.4) is 0 Å². The van der Waals surface area contributed by atoms with Crippen molar-refractivity contribution in [3.8, 4) is 0 Å². The topological polar surface area (TPSA) is 12.0 Å². The summed E-state index contributed by atoms with van der Waals surface area (Å²) in [6, 6.07) is 18.1. The van der Waals surface area contributed by atoms with E-state index in [9.17, 15) is 0 Å². The predicted octanol–water partition coefficient (Wildman–Crippen LogP) is 4.33. The molecule has 1 atom stereocenters. The molecule has 1 aliphatic rings. The fraction of sp³-hybridized carbons (Fsp3) is 0.222. The van der Waals surface area contributed by atoms with E-state index in [1.807, 2.05) is 11.3 Å². The molecule has 1 unspecified atom stereocenters. The zero-order chi connectivity index (χ0) is 13.4. The van der Waals surface area contributed by atoms with Gasteiger partial charge in [-0.2, -0.15) is 0 Å². The first-order valence-electron chi connectivity index (χ1n) is 7.18. The highest BCUT2D eigenvalue weighted by Gasteiger charge is 2.22. The van der Waals surface area contributed by atoms with Crippen LogP contribution in [0, 0.1) is 0 Å². The molecule has 100 valence electrons. The summed E-state index contributed by atoms with van der Waals surface area (Å²) < 4.78 is 1.41. The van der Waals surface area contributed by atoms with Crippen molar-refractivity contribution in [2.75, 3.05) is 6.54 Å². The van der Waals surface area contributed by atoms with E-state index in [0.717, 1.165) is 19.4 Å². The molecule has 0 amide bonds. The molecule has 1 aliphatic heterocycles. The van der Waals surface area contributed by atoms with Crippen LogP contribution < -0.4 is 5.32 Å². The highest BCUT2D eigenvalue weighted by atomic mass is 32.1. The number of benzene rings is 2. The Labute approximate surface area is 123 Å². The summed E-state index contributed by atoms with van der Waals surface area (Å²) in [6.45, 7) is 1.08. The minimum absolute atomic E-state index is 0.444. The summed E-state index contributed by atoms with van der Waals surface area (Å²) in [7, 11) is 0. The van der Waals surface area contributed by atoms with Crippen molar-refractivity contribution in [3.05, 3.63) is 70.6 Å². The van der Waals surface area contributed by atoms with Crippen molar-refractivity contribution in [2.45, 2.75) is 18.9 Å². The van der Waals surface area contributed by atoms with Gasteiger partial charge in [-0.3, -0.25) is 0 Å². The molecule has 1 N–H and O–H groups in total. The van der Waals surface area contributed by atoms with E-state index in [1.54, 1.807) is 0 Å². The number of hydrogen-bond donors (Lipinski definition) is 1. The number of hydrogen-bond acceptors (Lipinski definition) is 2. The Morgan fingerprint density at radius 1 is 1.05 bits per heavy atom. The van der Waals surface area contributed by atoms with Gasteiger partial charge in [-0.25, -0.2) is 0 Å². The maximum absolute atomic E-state index is 3.71. The molecule has 4 rings (SSSR count). The van der Waals surface area contributed by atoms with Gasteiger partial charge in [-0.05, 0) is 59.0 Å². The molecule has 0 radical (unpaired) electrons. The third-order valence-electron chi connectivity index (χ3n) is 4.18. The van der Waals surface area contributed by atoms with E-state index in [-0.39, 0.29) is 0 Å². The molecular formula is C18H17NS. The fourth-order valence-electron chi connectivity index (χ4n) is 3.25. The first-order valence-corrected chi connectivity index (χ1v) is 8.06. The summed E-state index contributed by atoms with van der Waals surface area (Å²) in [5, 5.41) is 7.36. The first kappa shape index (κ1) is 12.1. The Kier molecular flexibility index (Phi) is 3.06. The number of nitrogens with one attached hydrogen (secondary N) is 1. The van der Waals surface area contributed by atoms with Gasteiger partial charge >= 0.3 is 0 Å². The van der Waals surface area contributed by atoms with E-state index < -0.39 is 0 Å². The average molecular weight is 279 g/mol. The smallest absolute Gasteiger partial charge is 0.0370 e. The third-order valence-corrected chi connectivity index (χ3v) is 5.07. The maximum Gasteiger partial charge on any atom is 0.0370 e. The Morgan fingerprint density at radius 3 is 2.85 bits per heavy atom. The minimum atomic E-state index is 0.444. The van der Waals surface area contributed by atoms with Crippen molar-refractivity contribution in [1.82, 2.24) is 5.32 Å². The van der Waals surface area contributed by atoms with Crippen molar-refractivity contribution >= 4 is 21.4 Å². The van der Waals surface area contributed by atoms with Crippen LogP contribution in [-0.2, 0) is 12.8 Å². The van der Waals surface area contributed by atoms with Crippen molar-refractivity contribution in [1.29, 1.82) is 0 Å². The van der Waals surface area contributed by atoms with Gasteiger partial charge in [0.1, 0.15) is 0 Å². The number of fused-ring (bicyclic) bond motifs is 3. The van der Waals surface area contributed by atoms with Crippen LogP contribution in [0.15, 0.2) is 53.9 Å². The van der Waals surface area contributed by atoms with Crippen LogP contribution in [0.2, 0.25) is 0 Å². The lowest BCUT2D eigenvalue weighted by molar-refractivity contribution is 0.506. The third kappa shape index (κ3) is 2.05. The lowest BCUT2D eigenvalue weighted by atomic mass is 9.88. The van der Waals surface area contributed by atoms with Crippen LogP contribution in [0.5, 0.6) is 0 Å². The van der Waals surface area contributed by atoms with Crippen molar-refractivity contribution in [3.63, 3.8) is 0 Å². The van der Waals surface area contributed by atoms with Gasteiger partial charge in [0.05, 0.1) is 0 Å². The number of thiophene rings is 1. The molecule has 0 saturated heterocycles. The molecule has 0 saturated carbocycles. The largest absolute Gasteiger partial charge is 0.309 e. The summed E-state index contributed by atoms with van der Waals surface area (Å²) in [5.74, 6) is 0. The zero-order valence-corrected chi connectivity index (χ0v) is 12.1. The standard InChI is InChI=1S/C18H17NS/c1-2-4-13(5-3-1)12-16-18-14(8-10-19-16)6-7-17-15(18)9-11-20-17/h1-7,9,11,16,19H,8,10,12H2. The van der Waals surface area contributed by atoms with E-state index in [1.165, 1.54) is 26.8 Å². The molecule has 2 aromatic carbocycles. The summed E-state index contributed by atoms with van der Waals surface area (Å²) >= 11 is 1.84. The van der Waals surface area contributed by atoms with Crippen LogP contribution in [0.25, 0.3) is 10.1 Å². The van der Waals surface area contributed by atoms with E-state index >= 15 is 0 Å². The van der Waals surface area contributed by atoms with Gasteiger partial charge in [-0.15, -0.1) is 11.3 Å². The van der Waals surface area contributed by atoms with Gasteiger partial charge in [0.15, 0.2) is 0 Å². The monoisotopic (exact) mass is 279 g/mol. The quantitative estimate of drug-likeness (QED) is 0.736. The molecular weight excluding hydrogens is 262 g/mol. The van der Waals surface area contributed by atoms with E-state index in [4.69, 9.17) is 0 Å². The molecule has 0 fully saturated rings. The molecule has 20 heavy (non-hydrogen) atoms. The van der Waals surface area contributed by atoms with Crippen LogP contribution in [0.4, 0.5) is 0 Å². The van der Waals surface area contributed by atoms with Crippen LogP contribution in [-0.4, -0.2) is 6.54 Å². The molecule has 1 nitrogen and oxygen atoms in total. The Hall–Kier alpha value is -1.64. The van der Waals surface area contributed by atoms with Crippen LogP contribution in [0.1, 0.15) is 22.7 Å². The Bertz CT molecular complexity index is 730. The Morgan fingerprint density at radius 2 is 1.95 bits per heavy atom. The average Bonchev–Trinajstić information content (AvgIpc) is 2.97. The highest BCUT2D eigenvalue weighted by molar-refractivity contribution is 7.17. The van der Waals surface area contributed by atoms with Gasteiger partial charge in [0.2, 0.25) is 0 Å². The van der Waals surface area contributed by atoms with Gasteiger partial charge in [-0.1, -0.05) is 36.4 Å². The second kappa shape index (κ2) is 5.04. The predicted molar refractivity (Wildman–Crippen MR) is 86.4 cm³/mol. The molecule has 0 bridgehead atoms. The summed E-state index contributed by atoms with van der Waals surface area (Å²) in [5.41, 5.74) is 4.46. The molecule has 1 aromatic heterocycles. The SMILES string of the molecule is c1ccc(CC2NCCc3ccc4sccc4c32)cc1. The molecule has 0 aliphatic carbocycles. The lowest BCUT2D eigenvalue weighted by Crippen LogP contribution is -2.31. The lowest BCUT2D eigenvalue weighted by Gasteiger charge is -2.28. The summed E-state index contributed by atoms with van der Waals surface area (Å²) in [4.78, 5) is 0. The maximum atomic E-state index is 3.71. The second-order valence-corrected chi connectivity index (χ2v) is 6.36. The minimum Gasteiger partial charge on any atom is -0.309 e.